The van der Waals surface area contributed by atoms with Gasteiger partial charge in [0.25, 0.3) is 0 Å². The highest BCUT2D eigenvalue weighted by Gasteiger charge is 2.66. The Morgan fingerprint density at radius 3 is 2.29 bits per heavy atom. The summed E-state index contributed by atoms with van der Waals surface area (Å²) in [6, 6.07) is 23.6. The van der Waals surface area contributed by atoms with Gasteiger partial charge in [0.05, 0.1) is 16.8 Å². The lowest BCUT2D eigenvalue weighted by molar-refractivity contribution is -0.345. The largest absolute Gasteiger partial charge is 0.451 e. The molecule has 5 rings (SSSR count). The molecule has 34 heavy (non-hydrogen) atoms. The van der Waals surface area contributed by atoms with Crippen LogP contribution in [-0.4, -0.2) is 40.7 Å². The second kappa shape index (κ2) is 8.48. The lowest BCUT2D eigenvalue weighted by Gasteiger charge is -2.46. The second-order valence-electron chi connectivity index (χ2n) is 7.77. The number of fused-ring (bicyclic) bond motifs is 1. The van der Waals surface area contributed by atoms with E-state index in [2.05, 4.69) is 15.9 Å². The number of rotatable bonds is 5. The topological polar surface area (TPSA) is 82.8 Å². The minimum absolute atomic E-state index is 0.195. The number of nitrogens with zero attached hydrogens (tertiary/aromatic N) is 2. The Morgan fingerprint density at radius 2 is 1.62 bits per heavy atom. The first kappa shape index (κ1) is 22.5. The molecular formula is C26H21BrN2O5. The molecule has 0 saturated carbocycles. The predicted octanol–water partition coefficient (Wildman–Crippen LogP) is 4.71. The van der Waals surface area contributed by atoms with Crippen molar-refractivity contribution in [1.29, 1.82) is 0 Å². The number of carbonyl (C=O) groups is 1. The molecule has 8 heteroatoms. The SMILES string of the molecule is COC1(O)C(=O)c2ccccc2OC1(OC)c1cn(-c2ccccc2)nc1-c1ccc(Br)cc1. The number of ketones is 1. The molecule has 3 aromatic carbocycles. The van der Waals surface area contributed by atoms with E-state index >= 15 is 0 Å². The predicted molar refractivity (Wildman–Crippen MR) is 129 cm³/mol. The highest BCUT2D eigenvalue weighted by Crippen LogP contribution is 2.49. The summed E-state index contributed by atoms with van der Waals surface area (Å²) >= 11 is 3.45. The van der Waals surface area contributed by atoms with Crippen molar-refractivity contribution >= 4 is 21.7 Å². The molecular weight excluding hydrogens is 500 g/mol. The third-order valence-corrected chi connectivity index (χ3v) is 6.46. The van der Waals surface area contributed by atoms with Crippen molar-refractivity contribution in [3.05, 3.63) is 101 Å². The van der Waals surface area contributed by atoms with E-state index in [4.69, 9.17) is 19.3 Å². The normalized spacial score (nSPS) is 21.7. The van der Waals surface area contributed by atoms with E-state index in [1.165, 1.54) is 14.2 Å². The fourth-order valence-electron chi connectivity index (χ4n) is 4.20. The molecule has 0 fully saturated rings. The Hall–Kier alpha value is -3.30. The lowest BCUT2D eigenvalue weighted by atomic mass is 9.86. The zero-order chi connectivity index (χ0) is 23.9. The van der Waals surface area contributed by atoms with Gasteiger partial charge in [-0.3, -0.25) is 4.79 Å². The van der Waals surface area contributed by atoms with Crippen LogP contribution in [0.3, 0.4) is 0 Å². The summed E-state index contributed by atoms with van der Waals surface area (Å²) in [7, 11) is 2.60. The van der Waals surface area contributed by atoms with Gasteiger partial charge in [-0.1, -0.05) is 58.4 Å². The second-order valence-corrected chi connectivity index (χ2v) is 8.69. The summed E-state index contributed by atoms with van der Waals surface area (Å²) in [5.41, 5.74) is 2.49. The van der Waals surface area contributed by atoms with E-state index in [0.717, 1.165) is 15.7 Å². The monoisotopic (exact) mass is 520 g/mol. The number of benzene rings is 3. The number of hydrogen-bond donors (Lipinski definition) is 1. The number of Topliss-reactive ketones (excluding diaryl/α,β-unsaturated/α-hetero) is 1. The smallest absolute Gasteiger partial charge is 0.304 e. The van der Waals surface area contributed by atoms with Crippen LogP contribution in [0.5, 0.6) is 5.75 Å². The molecule has 0 aliphatic carbocycles. The van der Waals surface area contributed by atoms with Gasteiger partial charge in [-0.25, -0.2) is 4.68 Å². The third kappa shape index (κ3) is 3.30. The molecule has 2 unspecified atom stereocenters. The minimum atomic E-state index is -2.48. The van der Waals surface area contributed by atoms with Crippen molar-refractivity contribution < 1.29 is 24.1 Å². The van der Waals surface area contributed by atoms with Gasteiger partial charge in [0.1, 0.15) is 11.4 Å². The van der Waals surface area contributed by atoms with E-state index in [1.807, 2.05) is 54.6 Å². The van der Waals surface area contributed by atoms with E-state index in [9.17, 15) is 9.90 Å². The number of hydrogen-bond acceptors (Lipinski definition) is 6. The number of para-hydroxylation sites is 2. The molecule has 0 saturated heterocycles. The summed E-state index contributed by atoms with van der Waals surface area (Å²) in [6.45, 7) is 0. The first-order valence-corrected chi connectivity index (χ1v) is 11.3. The van der Waals surface area contributed by atoms with Gasteiger partial charge < -0.3 is 19.3 Å². The first-order chi connectivity index (χ1) is 16.4. The lowest BCUT2D eigenvalue weighted by Crippen LogP contribution is -2.64. The summed E-state index contributed by atoms with van der Waals surface area (Å²) in [4.78, 5) is 13.5. The van der Waals surface area contributed by atoms with Crippen LogP contribution in [0.4, 0.5) is 0 Å². The van der Waals surface area contributed by atoms with Crippen molar-refractivity contribution in [2.24, 2.45) is 0 Å². The van der Waals surface area contributed by atoms with Gasteiger partial charge in [-0.05, 0) is 36.4 Å². The highest BCUT2D eigenvalue weighted by molar-refractivity contribution is 9.10. The molecule has 0 bridgehead atoms. The molecule has 4 aromatic rings. The zero-order valence-corrected chi connectivity index (χ0v) is 20.0. The van der Waals surface area contributed by atoms with Crippen LogP contribution < -0.4 is 4.74 Å². The summed E-state index contributed by atoms with van der Waals surface area (Å²) in [5.74, 6) is -4.92. The molecule has 0 radical (unpaired) electrons. The van der Waals surface area contributed by atoms with Crippen molar-refractivity contribution in [2.75, 3.05) is 14.2 Å². The molecule has 1 aliphatic heterocycles. The van der Waals surface area contributed by atoms with Crippen molar-refractivity contribution in [3.63, 3.8) is 0 Å². The Morgan fingerprint density at radius 1 is 0.941 bits per heavy atom. The van der Waals surface area contributed by atoms with Crippen LogP contribution in [0.15, 0.2) is 89.5 Å². The van der Waals surface area contributed by atoms with Crippen molar-refractivity contribution in [3.8, 4) is 22.7 Å². The van der Waals surface area contributed by atoms with Gasteiger partial charge in [0, 0.05) is 30.5 Å². The summed E-state index contributed by atoms with van der Waals surface area (Å²) in [5, 5.41) is 16.5. The standard InChI is InChI=1S/C26H21BrN2O5/c1-32-25(31)24(30)20-10-6-7-11-22(20)34-26(25,33-2)21-16-29(19-8-4-3-5-9-19)28-23(21)17-12-14-18(27)15-13-17/h3-16,31H,1-2H3. The van der Waals surface area contributed by atoms with Gasteiger partial charge in [0.2, 0.25) is 5.78 Å². The van der Waals surface area contributed by atoms with Crippen molar-refractivity contribution in [1.82, 2.24) is 9.78 Å². The number of aromatic nitrogens is 2. The van der Waals surface area contributed by atoms with E-state index in [1.54, 1.807) is 35.1 Å². The molecule has 1 aromatic heterocycles. The van der Waals surface area contributed by atoms with Crippen LogP contribution in [0, 0.1) is 0 Å². The average Bonchev–Trinajstić information content (AvgIpc) is 3.33. The molecule has 0 spiro atoms. The van der Waals surface area contributed by atoms with Gasteiger partial charge in [-0.15, -0.1) is 0 Å². The average molecular weight is 521 g/mol. The van der Waals surface area contributed by atoms with Crippen LogP contribution in [0.2, 0.25) is 0 Å². The van der Waals surface area contributed by atoms with Gasteiger partial charge in [0.15, 0.2) is 0 Å². The molecule has 2 heterocycles. The maximum atomic E-state index is 13.5. The first-order valence-electron chi connectivity index (χ1n) is 10.5. The van der Waals surface area contributed by atoms with Crippen LogP contribution >= 0.6 is 15.9 Å². The van der Waals surface area contributed by atoms with Gasteiger partial charge >= 0.3 is 11.6 Å². The maximum absolute atomic E-state index is 13.5. The fraction of sp³-hybridized carbons (Fsp3) is 0.154. The maximum Gasteiger partial charge on any atom is 0.304 e. The number of halogens is 1. The van der Waals surface area contributed by atoms with E-state index in [0.29, 0.717) is 11.3 Å². The number of aliphatic hydroxyl groups is 1. The molecule has 2 atom stereocenters. The van der Waals surface area contributed by atoms with Gasteiger partial charge in [-0.2, -0.15) is 5.10 Å². The molecule has 1 N–H and O–H groups in total. The van der Waals surface area contributed by atoms with E-state index in [-0.39, 0.29) is 11.3 Å². The van der Waals surface area contributed by atoms with Crippen LogP contribution in [0.25, 0.3) is 16.9 Å². The quantitative estimate of drug-likeness (QED) is 0.383. The van der Waals surface area contributed by atoms with Crippen LogP contribution in [-0.2, 0) is 15.3 Å². The molecule has 0 amide bonds. The number of ether oxygens (including phenoxy) is 3. The van der Waals surface area contributed by atoms with E-state index < -0.39 is 17.4 Å². The van der Waals surface area contributed by atoms with Crippen LogP contribution in [0.1, 0.15) is 15.9 Å². The summed E-state index contributed by atoms with van der Waals surface area (Å²) in [6.07, 6.45) is 1.68. The minimum Gasteiger partial charge on any atom is -0.451 e. The Bertz CT molecular complexity index is 1360. The number of carbonyl (C=O) groups excluding carboxylic acids is 1. The molecule has 1 aliphatic rings. The Labute approximate surface area is 204 Å². The highest BCUT2D eigenvalue weighted by atomic mass is 79.9. The third-order valence-electron chi connectivity index (χ3n) is 5.93. The fourth-order valence-corrected chi connectivity index (χ4v) is 4.47. The summed E-state index contributed by atoms with van der Waals surface area (Å²) < 4.78 is 20.1. The molecule has 172 valence electrons. The van der Waals surface area contributed by atoms with Crippen molar-refractivity contribution in [2.45, 2.75) is 11.6 Å². The number of methoxy groups -OCH3 is 2. The Balaban J connectivity index is 1.80. The zero-order valence-electron chi connectivity index (χ0n) is 18.4. The Kier molecular flexibility index (Phi) is 5.61. The molecule has 7 nitrogen and oxygen atoms in total.